The van der Waals surface area contributed by atoms with Crippen LogP contribution in [0.2, 0.25) is 10.0 Å². The monoisotopic (exact) mass is 294 g/mol. The molecule has 1 aromatic heterocycles. The summed E-state index contributed by atoms with van der Waals surface area (Å²) in [6, 6.07) is 9.75. The molecule has 2 aromatic rings. The van der Waals surface area contributed by atoms with E-state index in [0.29, 0.717) is 16.6 Å². The van der Waals surface area contributed by atoms with Gasteiger partial charge in [-0.15, -0.1) is 0 Å². The Morgan fingerprint density at radius 3 is 2.63 bits per heavy atom. The first-order valence-corrected chi connectivity index (χ1v) is 7.04. The molecule has 19 heavy (non-hydrogen) atoms. The molecule has 0 radical (unpaired) electrons. The Hall–Kier alpha value is -1.09. The molecule has 2 rings (SSSR count). The first-order chi connectivity index (χ1) is 9.22. The normalized spacial score (nSPS) is 10.7. The molecule has 2 nitrogen and oxygen atoms in total. The summed E-state index contributed by atoms with van der Waals surface area (Å²) >= 11 is 12.1. The van der Waals surface area contributed by atoms with Crippen LogP contribution in [0.15, 0.2) is 36.5 Å². The van der Waals surface area contributed by atoms with Gasteiger partial charge < -0.3 is 5.32 Å². The summed E-state index contributed by atoms with van der Waals surface area (Å²) in [5.74, 6) is 0. The quantitative estimate of drug-likeness (QED) is 0.892. The number of rotatable bonds is 5. The standard InChI is InChI=1S/C15H16Cl2N2/c1-2-11-6-4-8-19-14(11)10-18-9-12-5-3-7-13(16)15(12)17/h3-8,18H,2,9-10H2,1H3. The first-order valence-electron chi connectivity index (χ1n) is 6.28. The van der Waals surface area contributed by atoms with Crippen molar-refractivity contribution in [3.05, 3.63) is 63.4 Å². The molecule has 0 saturated heterocycles. The Kier molecular flexibility index (Phi) is 5.20. The van der Waals surface area contributed by atoms with E-state index in [-0.39, 0.29) is 0 Å². The van der Waals surface area contributed by atoms with Gasteiger partial charge in [-0.1, -0.05) is 48.3 Å². The third-order valence-electron chi connectivity index (χ3n) is 3.00. The summed E-state index contributed by atoms with van der Waals surface area (Å²) in [5.41, 5.74) is 3.36. The zero-order chi connectivity index (χ0) is 13.7. The third-order valence-corrected chi connectivity index (χ3v) is 3.86. The van der Waals surface area contributed by atoms with Gasteiger partial charge in [-0.2, -0.15) is 0 Å². The fourth-order valence-electron chi connectivity index (χ4n) is 1.95. The summed E-state index contributed by atoms with van der Waals surface area (Å²) in [6.45, 7) is 3.54. The predicted octanol–water partition coefficient (Wildman–Crippen LogP) is 4.24. The summed E-state index contributed by atoms with van der Waals surface area (Å²) in [4.78, 5) is 4.40. The molecule has 0 atom stereocenters. The van der Waals surface area contributed by atoms with Crippen molar-refractivity contribution in [3.63, 3.8) is 0 Å². The maximum absolute atomic E-state index is 6.15. The molecule has 0 fully saturated rings. The lowest BCUT2D eigenvalue weighted by atomic mass is 10.1. The van der Waals surface area contributed by atoms with E-state index in [0.717, 1.165) is 24.2 Å². The smallest absolute Gasteiger partial charge is 0.0637 e. The van der Waals surface area contributed by atoms with Gasteiger partial charge in [-0.3, -0.25) is 4.98 Å². The fourth-order valence-corrected chi connectivity index (χ4v) is 2.34. The van der Waals surface area contributed by atoms with Gasteiger partial charge in [0.2, 0.25) is 0 Å². The SMILES string of the molecule is CCc1cccnc1CNCc1cccc(Cl)c1Cl. The van der Waals surface area contributed by atoms with Crippen LogP contribution in [-0.4, -0.2) is 4.98 Å². The molecule has 4 heteroatoms. The van der Waals surface area contributed by atoms with Crippen molar-refractivity contribution in [1.82, 2.24) is 10.3 Å². The van der Waals surface area contributed by atoms with Crippen LogP contribution in [0, 0.1) is 0 Å². The van der Waals surface area contributed by atoms with Gasteiger partial charge in [0.05, 0.1) is 15.7 Å². The van der Waals surface area contributed by atoms with Crippen LogP contribution >= 0.6 is 23.2 Å². The zero-order valence-corrected chi connectivity index (χ0v) is 12.3. The Morgan fingerprint density at radius 1 is 1.05 bits per heavy atom. The Balaban J connectivity index is 1.98. The van der Waals surface area contributed by atoms with Crippen molar-refractivity contribution in [1.29, 1.82) is 0 Å². The maximum atomic E-state index is 6.15. The number of nitrogens with zero attached hydrogens (tertiary/aromatic N) is 1. The second-order valence-electron chi connectivity index (χ2n) is 4.28. The number of hydrogen-bond acceptors (Lipinski definition) is 2. The molecule has 0 spiro atoms. The number of aromatic nitrogens is 1. The minimum absolute atomic E-state index is 0.591. The van der Waals surface area contributed by atoms with E-state index in [4.69, 9.17) is 23.2 Å². The van der Waals surface area contributed by atoms with Crippen molar-refractivity contribution in [2.45, 2.75) is 26.4 Å². The molecule has 1 heterocycles. The maximum Gasteiger partial charge on any atom is 0.0637 e. The second kappa shape index (κ2) is 6.90. The Labute approximate surface area is 123 Å². The Bertz CT molecular complexity index is 556. The summed E-state index contributed by atoms with van der Waals surface area (Å²) in [6.07, 6.45) is 2.81. The van der Waals surface area contributed by atoms with Crippen molar-refractivity contribution >= 4 is 23.2 Å². The van der Waals surface area contributed by atoms with Gasteiger partial charge >= 0.3 is 0 Å². The lowest BCUT2D eigenvalue weighted by Crippen LogP contribution is -2.15. The van der Waals surface area contributed by atoms with E-state index in [2.05, 4.69) is 23.3 Å². The number of aryl methyl sites for hydroxylation is 1. The van der Waals surface area contributed by atoms with Crippen LogP contribution in [-0.2, 0) is 19.5 Å². The van der Waals surface area contributed by atoms with Gasteiger partial charge in [0, 0.05) is 19.3 Å². The van der Waals surface area contributed by atoms with Crippen LogP contribution in [0.4, 0.5) is 0 Å². The van der Waals surface area contributed by atoms with Crippen LogP contribution in [0.3, 0.4) is 0 Å². The number of nitrogens with one attached hydrogen (secondary N) is 1. The van der Waals surface area contributed by atoms with Crippen molar-refractivity contribution in [2.24, 2.45) is 0 Å². The zero-order valence-electron chi connectivity index (χ0n) is 10.8. The largest absolute Gasteiger partial charge is 0.307 e. The number of pyridine rings is 1. The lowest BCUT2D eigenvalue weighted by molar-refractivity contribution is 0.673. The fraction of sp³-hybridized carbons (Fsp3) is 0.267. The molecule has 0 unspecified atom stereocenters. The van der Waals surface area contributed by atoms with Crippen LogP contribution in [0.25, 0.3) is 0 Å². The van der Waals surface area contributed by atoms with E-state index in [1.165, 1.54) is 5.56 Å². The topological polar surface area (TPSA) is 24.9 Å². The molecule has 0 aliphatic rings. The highest BCUT2D eigenvalue weighted by atomic mass is 35.5. The van der Waals surface area contributed by atoms with E-state index in [9.17, 15) is 0 Å². The highest BCUT2D eigenvalue weighted by Crippen LogP contribution is 2.25. The number of hydrogen-bond donors (Lipinski definition) is 1. The van der Waals surface area contributed by atoms with E-state index < -0.39 is 0 Å². The third kappa shape index (κ3) is 3.69. The van der Waals surface area contributed by atoms with E-state index in [1.54, 1.807) is 6.07 Å². The van der Waals surface area contributed by atoms with Crippen LogP contribution < -0.4 is 5.32 Å². The summed E-state index contributed by atoms with van der Waals surface area (Å²) < 4.78 is 0. The van der Waals surface area contributed by atoms with Gasteiger partial charge in [-0.25, -0.2) is 0 Å². The predicted molar refractivity (Wildman–Crippen MR) is 80.6 cm³/mol. The Morgan fingerprint density at radius 2 is 1.84 bits per heavy atom. The summed E-state index contributed by atoms with van der Waals surface area (Å²) in [5, 5.41) is 4.56. The molecular weight excluding hydrogens is 279 g/mol. The minimum Gasteiger partial charge on any atom is -0.307 e. The highest BCUT2D eigenvalue weighted by Gasteiger charge is 2.05. The van der Waals surface area contributed by atoms with Crippen LogP contribution in [0.5, 0.6) is 0 Å². The average molecular weight is 295 g/mol. The highest BCUT2D eigenvalue weighted by molar-refractivity contribution is 6.42. The van der Waals surface area contributed by atoms with Gasteiger partial charge in [-0.05, 0) is 29.7 Å². The lowest BCUT2D eigenvalue weighted by Gasteiger charge is -2.09. The second-order valence-corrected chi connectivity index (χ2v) is 5.06. The first kappa shape index (κ1) is 14.3. The molecule has 0 saturated carbocycles. The molecule has 1 N–H and O–H groups in total. The van der Waals surface area contributed by atoms with E-state index in [1.807, 2.05) is 24.4 Å². The van der Waals surface area contributed by atoms with Crippen molar-refractivity contribution < 1.29 is 0 Å². The van der Waals surface area contributed by atoms with Gasteiger partial charge in [0.25, 0.3) is 0 Å². The van der Waals surface area contributed by atoms with Gasteiger partial charge in [0.15, 0.2) is 0 Å². The minimum atomic E-state index is 0.591. The number of benzene rings is 1. The van der Waals surface area contributed by atoms with Crippen molar-refractivity contribution in [3.8, 4) is 0 Å². The van der Waals surface area contributed by atoms with E-state index >= 15 is 0 Å². The van der Waals surface area contributed by atoms with Crippen molar-refractivity contribution in [2.75, 3.05) is 0 Å². The molecular formula is C15H16Cl2N2. The summed E-state index contributed by atoms with van der Waals surface area (Å²) in [7, 11) is 0. The molecule has 0 aliphatic heterocycles. The number of halogens is 2. The van der Waals surface area contributed by atoms with Crippen LogP contribution in [0.1, 0.15) is 23.7 Å². The molecule has 100 valence electrons. The average Bonchev–Trinajstić information content (AvgIpc) is 2.44. The van der Waals surface area contributed by atoms with Gasteiger partial charge in [0.1, 0.15) is 0 Å². The molecule has 0 aliphatic carbocycles. The molecule has 0 amide bonds. The molecule has 1 aromatic carbocycles. The molecule has 0 bridgehead atoms.